The second kappa shape index (κ2) is 8.33. The minimum absolute atomic E-state index is 0.0522. The molecule has 0 aromatic heterocycles. The van der Waals surface area contributed by atoms with Crippen LogP contribution in [0.1, 0.15) is 0 Å². The highest BCUT2D eigenvalue weighted by Crippen LogP contribution is 2.35. The van der Waals surface area contributed by atoms with Crippen LogP contribution in [0.25, 0.3) is 0 Å². The Hall–Kier alpha value is -2.82. The lowest BCUT2D eigenvalue weighted by molar-refractivity contribution is 0.0536. The summed E-state index contributed by atoms with van der Waals surface area (Å²) in [5.41, 5.74) is 3.04. The molecule has 0 saturated carbocycles. The predicted octanol–water partition coefficient (Wildman–Crippen LogP) is 3.89. The summed E-state index contributed by atoms with van der Waals surface area (Å²) in [7, 11) is 0. The first-order chi connectivity index (χ1) is 12.3. The van der Waals surface area contributed by atoms with Crippen LogP contribution in [0, 0.1) is 0 Å². The minimum atomic E-state index is -0.886. The van der Waals surface area contributed by atoms with E-state index < -0.39 is 6.10 Å². The Morgan fingerprint density at radius 2 is 1.32 bits per heavy atom. The van der Waals surface area contributed by atoms with Crippen molar-refractivity contribution in [2.75, 3.05) is 18.1 Å². The van der Waals surface area contributed by atoms with E-state index in [1.54, 1.807) is 0 Å². The summed E-state index contributed by atoms with van der Waals surface area (Å²) >= 11 is 0. The Bertz CT molecular complexity index is 738. The van der Waals surface area contributed by atoms with Gasteiger partial charge in [-0.05, 0) is 36.4 Å². The molecule has 0 fully saturated rings. The average molecular weight is 335 g/mol. The molecule has 1 atom stereocenters. The third-order valence-corrected chi connectivity index (χ3v) is 3.76. The number of hydrogen-bond acceptors (Lipinski definition) is 4. The van der Waals surface area contributed by atoms with Crippen molar-refractivity contribution in [2.45, 2.75) is 6.10 Å². The van der Waals surface area contributed by atoms with Crippen LogP contribution in [0.2, 0.25) is 0 Å². The van der Waals surface area contributed by atoms with Crippen molar-refractivity contribution in [3.63, 3.8) is 0 Å². The van der Waals surface area contributed by atoms with Crippen LogP contribution in [0.5, 0.6) is 5.75 Å². The Kier molecular flexibility index (Phi) is 5.67. The highest BCUT2D eigenvalue weighted by molar-refractivity contribution is 5.76. The summed E-state index contributed by atoms with van der Waals surface area (Å²) in [4.78, 5) is 2.13. The van der Waals surface area contributed by atoms with Crippen LogP contribution in [0.4, 0.5) is 17.1 Å². The van der Waals surface area contributed by atoms with Gasteiger partial charge in [0.2, 0.25) is 0 Å². The topological polar surface area (TPSA) is 52.9 Å². The van der Waals surface area contributed by atoms with E-state index in [2.05, 4.69) is 29.2 Å². The molecular weight excluding hydrogens is 314 g/mol. The molecule has 0 saturated heterocycles. The molecule has 0 aliphatic rings. The first-order valence-corrected chi connectivity index (χ1v) is 8.20. The number of anilines is 3. The monoisotopic (exact) mass is 335 g/mol. The summed E-state index contributed by atoms with van der Waals surface area (Å²) in [6, 6.07) is 27.9. The number of hydrogen-bond donors (Lipinski definition) is 2. The summed E-state index contributed by atoms with van der Waals surface area (Å²) in [5, 5.41) is 18.4. The van der Waals surface area contributed by atoms with Crippen LogP contribution >= 0.6 is 0 Å². The van der Waals surface area contributed by atoms with Gasteiger partial charge in [-0.3, -0.25) is 0 Å². The van der Waals surface area contributed by atoms with E-state index in [4.69, 9.17) is 9.84 Å². The van der Waals surface area contributed by atoms with Gasteiger partial charge in [-0.1, -0.05) is 42.5 Å². The summed E-state index contributed by atoms with van der Waals surface area (Å²) in [6.45, 7) is -0.267. The van der Waals surface area contributed by atoms with Gasteiger partial charge >= 0.3 is 0 Å². The van der Waals surface area contributed by atoms with Gasteiger partial charge in [-0.2, -0.15) is 0 Å². The van der Waals surface area contributed by atoms with Gasteiger partial charge in [-0.15, -0.1) is 0 Å². The zero-order chi connectivity index (χ0) is 17.5. The molecular formula is C21H21NO3. The second-order valence-electron chi connectivity index (χ2n) is 5.65. The average Bonchev–Trinajstić information content (AvgIpc) is 2.68. The molecule has 0 aliphatic carbocycles. The van der Waals surface area contributed by atoms with E-state index in [-0.39, 0.29) is 13.2 Å². The highest BCUT2D eigenvalue weighted by Gasteiger charge is 2.12. The molecule has 0 heterocycles. The van der Waals surface area contributed by atoms with Crippen molar-refractivity contribution in [1.29, 1.82) is 0 Å². The first-order valence-electron chi connectivity index (χ1n) is 8.20. The van der Waals surface area contributed by atoms with E-state index in [9.17, 15) is 5.11 Å². The molecule has 3 aromatic carbocycles. The molecule has 0 aliphatic heterocycles. The first kappa shape index (κ1) is 17.0. The normalized spacial score (nSPS) is 11.8. The van der Waals surface area contributed by atoms with Gasteiger partial charge in [0, 0.05) is 23.1 Å². The Balaban J connectivity index is 1.94. The van der Waals surface area contributed by atoms with Crippen LogP contribution < -0.4 is 9.64 Å². The van der Waals surface area contributed by atoms with E-state index >= 15 is 0 Å². The standard InChI is InChI=1S/C21H21NO3/c23-15-20(24)16-25-21-13-7-12-19(14-21)22(17-8-3-1-4-9-17)18-10-5-2-6-11-18/h1-14,20,23-24H,15-16H2. The number of nitrogens with zero attached hydrogens (tertiary/aromatic N) is 1. The van der Waals surface area contributed by atoms with E-state index in [1.165, 1.54) is 0 Å². The largest absolute Gasteiger partial charge is 0.491 e. The predicted molar refractivity (Wildman–Crippen MR) is 99.7 cm³/mol. The zero-order valence-corrected chi connectivity index (χ0v) is 13.8. The fourth-order valence-electron chi connectivity index (χ4n) is 2.56. The maximum Gasteiger partial charge on any atom is 0.121 e. The van der Waals surface area contributed by atoms with Gasteiger partial charge in [0.05, 0.1) is 6.61 Å². The summed E-state index contributed by atoms with van der Waals surface area (Å²) in [6.07, 6.45) is -0.886. The van der Waals surface area contributed by atoms with Crippen molar-refractivity contribution in [1.82, 2.24) is 0 Å². The lowest BCUT2D eigenvalue weighted by Gasteiger charge is -2.25. The second-order valence-corrected chi connectivity index (χ2v) is 5.65. The van der Waals surface area contributed by atoms with Gasteiger partial charge in [0.25, 0.3) is 0 Å². The highest BCUT2D eigenvalue weighted by atomic mass is 16.5. The molecule has 25 heavy (non-hydrogen) atoms. The fourth-order valence-corrected chi connectivity index (χ4v) is 2.56. The Morgan fingerprint density at radius 1 is 0.760 bits per heavy atom. The molecule has 0 bridgehead atoms. The van der Waals surface area contributed by atoms with Crippen molar-refractivity contribution in [3.05, 3.63) is 84.9 Å². The van der Waals surface area contributed by atoms with Gasteiger partial charge in [0.1, 0.15) is 18.5 Å². The molecule has 0 radical (unpaired) electrons. The maximum atomic E-state index is 9.47. The third-order valence-electron chi connectivity index (χ3n) is 3.76. The lowest BCUT2D eigenvalue weighted by Crippen LogP contribution is -2.21. The van der Waals surface area contributed by atoms with Gasteiger partial charge in [0.15, 0.2) is 0 Å². The quantitative estimate of drug-likeness (QED) is 0.688. The molecule has 0 spiro atoms. The van der Waals surface area contributed by atoms with E-state index in [1.807, 2.05) is 60.7 Å². The molecule has 1 unspecified atom stereocenters. The molecule has 4 nitrogen and oxygen atoms in total. The minimum Gasteiger partial charge on any atom is -0.491 e. The molecule has 4 heteroatoms. The van der Waals surface area contributed by atoms with Gasteiger partial charge < -0.3 is 19.8 Å². The van der Waals surface area contributed by atoms with E-state index in [0.717, 1.165) is 17.1 Å². The molecule has 128 valence electrons. The Labute approximate surface area is 147 Å². The smallest absolute Gasteiger partial charge is 0.121 e. The Morgan fingerprint density at radius 3 is 1.88 bits per heavy atom. The summed E-state index contributed by atoms with van der Waals surface area (Å²) in [5.74, 6) is 0.641. The fraction of sp³-hybridized carbons (Fsp3) is 0.143. The van der Waals surface area contributed by atoms with Crippen molar-refractivity contribution in [2.24, 2.45) is 0 Å². The van der Waals surface area contributed by atoms with Crippen LogP contribution in [0.15, 0.2) is 84.9 Å². The van der Waals surface area contributed by atoms with E-state index in [0.29, 0.717) is 5.75 Å². The van der Waals surface area contributed by atoms with Gasteiger partial charge in [-0.25, -0.2) is 0 Å². The molecule has 3 aromatic rings. The molecule has 3 rings (SSSR count). The van der Waals surface area contributed by atoms with Crippen LogP contribution in [-0.4, -0.2) is 29.5 Å². The lowest BCUT2D eigenvalue weighted by atomic mass is 10.2. The number of ether oxygens (including phenoxy) is 1. The molecule has 0 amide bonds. The number of benzene rings is 3. The zero-order valence-electron chi connectivity index (χ0n) is 13.8. The molecule has 2 N–H and O–H groups in total. The van der Waals surface area contributed by atoms with Crippen molar-refractivity contribution >= 4 is 17.1 Å². The summed E-state index contributed by atoms with van der Waals surface area (Å²) < 4.78 is 5.58. The number of aliphatic hydroxyl groups excluding tert-OH is 2. The van der Waals surface area contributed by atoms with Crippen molar-refractivity contribution in [3.8, 4) is 5.75 Å². The van der Waals surface area contributed by atoms with Crippen LogP contribution in [0.3, 0.4) is 0 Å². The number of para-hydroxylation sites is 2. The van der Waals surface area contributed by atoms with Crippen molar-refractivity contribution < 1.29 is 14.9 Å². The maximum absolute atomic E-state index is 9.47. The number of aliphatic hydroxyl groups is 2. The number of rotatable bonds is 7. The third kappa shape index (κ3) is 4.38. The van der Waals surface area contributed by atoms with Crippen LogP contribution in [-0.2, 0) is 0 Å². The SMILES string of the molecule is OCC(O)COc1cccc(N(c2ccccc2)c2ccccc2)c1.